The van der Waals surface area contributed by atoms with Gasteiger partial charge in [-0.2, -0.15) is 0 Å². The number of anilines is 1. The number of aliphatic hydroxyl groups excluding tert-OH is 1. The molecule has 0 aromatic heterocycles. The number of carbonyl (C=O) groups is 1. The van der Waals surface area contributed by atoms with E-state index in [9.17, 15) is 9.90 Å². The highest BCUT2D eigenvalue weighted by Gasteiger charge is 2.24. The lowest BCUT2D eigenvalue weighted by Gasteiger charge is -2.32. The lowest BCUT2D eigenvalue weighted by molar-refractivity contribution is 0.0697. The number of hydrogen-bond donors (Lipinski definition) is 2. The second kappa shape index (κ2) is 8.95. The lowest BCUT2D eigenvalue weighted by Crippen LogP contribution is -2.28. The van der Waals surface area contributed by atoms with Crippen LogP contribution in [0.4, 0.5) is 5.69 Å². The quantitative estimate of drug-likeness (QED) is 0.745. The fourth-order valence-electron chi connectivity index (χ4n) is 3.21. The molecule has 1 atom stereocenters. The largest absolute Gasteiger partial charge is 0.478 e. The Hall–Kier alpha value is -2.77. The van der Waals surface area contributed by atoms with Crippen molar-refractivity contribution in [2.75, 3.05) is 18.0 Å². The first-order chi connectivity index (χ1) is 13.2. The molecule has 0 aliphatic heterocycles. The fraction of sp³-hybridized carbons (Fsp3) is 0.375. The number of rotatable bonds is 5. The zero-order valence-electron chi connectivity index (χ0n) is 17.3. The van der Waals surface area contributed by atoms with Crippen LogP contribution in [0.2, 0.25) is 0 Å². The number of benzene rings is 2. The zero-order valence-corrected chi connectivity index (χ0v) is 17.3. The van der Waals surface area contributed by atoms with Crippen molar-refractivity contribution in [1.29, 1.82) is 0 Å². The number of hydrogen-bond acceptors (Lipinski definition) is 3. The van der Waals surface area contributed by atoms with E-state index in [0.29, 0.717) is 5.56 Å². The summed E-state index contributed by atoms with van der Waals surface area (Å²) in [5, 5.41) is 19.8. The highest BCUT2D eigenvalue weighted by atomic mass is 16.4. The van der Waals surface area contributed by atoms with Crippen LogP contribution in [-0.2, 0) is 5.41 Å². The van der Waals surface area contributed by atoms with Gasteiger partial charge in [0.05, 0.1) is 5.56 Å². The van der Waals surface area contributed by atoms with Crippen LogP contribution in [0.1, 0.15) is 67.8 Å². The second-order valence-electron chi connectivity index (χ2n) is 7.72. The van der Waals surface area contributed by atoms with Gasteiger partial charge in [0.15, 0.2) is 0 Å². The van der Waals surface area contributed by atoms with Gasteiger partial charge in [-0.15, -0.1) is 0 Å². The van der Waals surface area contributed by atoms with Crippen LogP contribution < -0.4 is 4.90 Å². The Morgan fingerprint density at radius 3 is 2.18 bits per heavy atom. The first kappa shape index (κ1) is 21.5. The summed E-state index contributed by atoms with van der Waals surface area (Å²) >= 11 is 0. The van der Waals surface area contributed by atoms with Gasteiger partial charge in [0, 0.05) is 29.9 Å². The van der Waals surface area contributed by atoms with E-state index in [1.54, 1.807) is 12.1 Å². The first-order valence-electron chi connectivity index (χ1n) is 9.60. The van der Waals surface area contributed by atoms with Crippen LogP contribution in [0, 0.1) is 11.8 Å². The molecule has 2 N–H and O–H groups in total. The summed E-state index contributed by atoms with van der Waals surface area (Å²) in [6.45, 7) is 12.4. The van der Waals surface area contributed by atoms with Gasteiger partial charge in [-0.25, -0.2) is 4.79 Å². The number of aliphatic hydroxyl groups is 1. The zero-order chi connectivity index (χ0) is 20.9. The molecule has 0 saturated carbocycles. The maximum absolute atomic E-state index is 11.0. The highest BCUT2D eigenvalue weighted by Crippen LogP contribution is 2.37. The summed E-state index contributed by atoms with van der Waals surface area (Å²) in [7, 11) is 0. The molecule has 0 amide bonds. The SMILES string of the molecule is CCN(CC)c1c(C(O)C#Cc2ccc(C(=O)O)cc2)cccc1C(C)(C)C. The van der Waals surface area contributed by atoms with Gasteiger partial charge in [-0.3, -0.25) is 0 Å². The maximum atomic E-state index is 11.0. The molecule has 0 aliphatic rings. The van der Waals surface area contributed by atoms with Crippen LogP contribution in [0.15, 0.2) is 42.5 Å². The molecular formula is C24H29NO3. The van der Waals surface area contributed by atoms with Crippen molar-refractivity contribution in [3.05, 3.63) is 64.7 Å². The molecule has 2 aromatic carbocycles. The predicted octanol–water partition coefficient (Wildman–Crippen LogP) is 4.61. The van der Waals surface area contributed by atoms with Gasteiger partial charge in [-0.1, -0.05) is 50.8 Å². The van der Waals surface area contributed by atoms with Gasteiger partial charge >= 0.3 is 5.97 Å². The minimum atomic E-state index is -0.970. The molecule has 28 heavy (non-hydrogen) atoms. The Morgan fingerprint density at radius 2 is 1.68 bits per heavy atom. The average molecular weight is 380 g/mol. The summed E-state index contributed by atoms with van der Waals surface area (Å²) < 4.78 is 0. The first-order valence-corrected chi connectivity index (χ1v) is 9.60. The van der Waals surface area contributed by atoms with E-state index in [2.05, 4.69) is 57.4 Å². The van der Waals surface area contributed by atoms with Crippen LogP contribution in [0.3, 0.4) is 0 Å². The van der Waals surface area contributed by atoms with E-state index >= 15 is 0 Å². The number of para-hydroxylation sites is 1. The molecule has 0 fully saturated rings. The van der Waals surface area contributed by atoms with Crippen molar-refractivity contribution in [3.8, 4) is 11.8 Å². The standard InChI is InChI=1S/C24H29NO3/c1-6-25(7-2)22-19(9-8-10-20(22)24(3,4)5)21(26)16-13-17-11-14-18(15-12-17)23(27)28/h8-12,14-15,21,26H,6-7H2,1-5H3,(H,27,28). The number of nitrogens with zero attached hydrogens (tertiary/aromatic N) is 1. The molecule has 0 saturated heterocycles. The maximum Gasteiger partial charge on any atom is 0.335 e. The van der Waals surface area contributed by atoms with Gasteiger partial charge in [0.2, 0.25) is 0 Å². The van der Waals surface area contributed by atoms with Crippen molar-refractivity contribution >= 4 is 11.7 Å². The van der Waals surface area contributed by atoms with E-state index < -0.39 is 12.1 Å². The van der Waals surface area contributed by atoms with E-state index in [-0.39, 0.29) is 11.0 Å². The predicted molar refractivity (Wildman–Crippen MR) is 114 cm³/mol. The minimum absolute atomic E-state index is 0.0618. The normalized spacial score (nSPS) is 12.1. The third-order valence-corrected chi connectivity index (χ3v) is 4.73. The van der Waals surface area contributed by atoms with Crippen molar-refractivity contribution in [1.82, 2.24) is 0 Å². The third-order valence-electron chi connectivity index (χ3n) is 4.73. The van der Waals surface area contributed by atoms with Crippen molar-refractivity contribution in [3.63, 3.8) is 0 Å². The smallest absolute Gasteiger partial charge is 0.335 e. The fourth-order valence-corrected chi connectivity index (χ4v) is 3.21. The van der Waals surface area contributed by atoms with Crippen LogP contribution in [0.25, 0.3) is 0 Å². The summed E-state index contributed by atoms with van der Waals surface area (Å²) in [5.74, 6) is 4.91. The second-order valence-corrected chi connectivity index (χ2v) is 7.72. The molecule has 0 aliphatic carbocycles. The van der Waals surface area contributed by atoms with E-state index in [4.69, 9.17) is 5.11 Å². The highest BCUT2D eigenvalue weighted by molar-refractivity contribution is 5.87. The van der Waals surface area contributed by atoms with Crippen LogP contribution in [-0.4, -0.2) is 29.3 Å². The van der Waals surface area contributed by atoms with Gasteiger partial charge < -0.3 is 15.1 Å². The lowest BCUT2D eigenvalue weighted by atomic mass is 9.83. The van der Waals surface area contributed by atoms with Crippen LogP contribution >= 0.6 is 0 Å². The van der Waals surface area contributed by atoms with Crippen molar-refractivity contribution in [2.45, 2.75) is 46.1 Å². The van der Waals surface area contributed by atoms with Crippen molar-refractivity contribution < 1.29 is 15.0 Å². The van der Waals surface area contributed by atoms with E-state index in [1.807, 2.05) is 12.1 Å². The molecule has 0 radical (unpaired) electrons. The molecule has 1 unspecified atom stereocenters. The molecule has 0 spiro atoms. The molecule has 4 heteroatoms. The molecule has 4 nitrogen and oxygen atoms in total. The number of carboxylic acids is 1. The monoisotopic (exact) mass is 379 g/mol. The summed E-state index contributed by atoms with van der Waals surface area (Å²) in [4.78, 5) is 13.2. The Balaban J connectivity index is 2.45. The topological polar surface area (TPSA) is 60.8 Å². The van der Waals surface area contributed by atoms with Crippen molar-refractivity contribution in [2.24, 2.45) is 0 Å². The summed E-state index contributed by atoms with van der Waals surface area (Å²) in [6, 6.07) is 12.3. The van der Waals surface area contributed by atoms with Gasteiger partial charge in [0.1, 0.15) is 6.10 Å². The van der Waals surface area contributed by atoms with Gasteiger partial charge in [0.25, 0.3) is 0 Å². The van der Waals surface area contributed by atoms with Gasteiger partial charge in [-0.05, 0) is 49.1 Å². The van der Waals surface area contributed by atoms with E-state index in [1.165, 1.54) is 17.7 Å². The Bertz CT molecular complexity index is 879. The Kier molecular flexibility index (Phi) is 6.88. The molecule has 2 aromatic rings. The third kappa shape index (κ3) is 4.94. The molecule has 148 valence electrons. The Morgan fingerprint density at radius 1 is 1.07 bits per heavy atom. The average Bonchev–Trinajstić information content (AvgIpc) is 2.66. The summed E-state index contributed by atoms with van der Waals surface area (Å²) in [5.41, 5.74) is 3.84. The number of aromatic carboxylic acids is 1. The molecule has 0 heterocycles. The van der Waals surface area contributed by atoms with E-state index in [0.717, 1.165) is 24.3 Å². The summed E-state index contributed by atoms with van der Waals surface area (Å²) in [6.07, 6.45) is -0.933. The molecular weight excluding hydrogens is 350 g/mol. The minimum Gasteiger partial charge on any atom is -0.478 e. The molecule has 2 rings (SSSR count). The van der Waals surface area contributed by atoms with Crippen LogP contribution in [0.5, 0.6) is 0 Å². The number of carboxylic acid groups (broad SMARTS) is 1. The molecule has 0 bridgehead atoms. The Labute approximate surface area is 167 Å².